The van der Waals surface area contributed by atoms with Crippen LogP contribution in [0.1, 0.15) is 25.3 Å². The van der Waals surface area contributed by atoms with Gasteiger partial charge in [0.25, 0.3) is 5.56 Å². The van der Waals surface area contributed by atoms with Crippen LogP contribution in [-0.4, -0.2) is 23.8 Å². The molecule has 2 aromatic heterocycles. The third kappa shape index (κ3) is 3.45. The van der Waals surface area contributed by atoms with Crippen LogP contribution in [0.2, 0.25) is 0 Å². The molecule has 140 valence electrons. The molecule has 0 radical (unpaired) electrons. The van der Waals surface area contributed by atoms with E-state index in [9.17, 15) is 4.79 Å². The summed E-state index contributed by atoms with van der Waals surface area (Å²) >= 11 is 0. The van der Waals surface area contributed by atoms with E-state index in [1.54, 1.807) is 37.3 Å². The second-order valence-corrected chi connectivity index (χ2v) is 6.31. The molecule has 5 heteroatoms. The van der Waals surface area contributed by atoms with E-state index in [0.717, 1.165) is 34.9 Å². The van der Waals surface area contributed by atoms with E-state index in [1.165, 1.54) is 0 Å². The fraction of sp³-hybridized carbons (Fsp3) is 0.273. The van der Waals surface area contributed by atoms with Crippen LogP contribution in [0.3, 0.4) is 0 Å². The van der Waals surface area contributed by atoms with Crippen molar-refractivity contribution in [2.75, 3.05) is 14.2 Å². The molecule has 0 saturated heterocycles. The maximum Gasteiger partial charge on any atom is 0.260 e. The lowest BCUT2D eigenvalue weighted by Gasteiger charge is -2.17. The Balaban J connectivity index is 2.35. The van der Waals surface area contributed by atoms with E-state index < -0.39 is 0 Å². The summed E-state index contributed by atoms with van der Waals surface area (Å²) in [7, 11) is 3.26. The molecule has 3 aromatic rings. The van der Waals surface area contributed by atoms with Crippen molar-refractivity contribution in [2.45, 2.75) is 26.3 Å². The number of fused-ring (bicyclic) bond motifs is 1. The Morgan fingerprint density at radius 3 is 2.59 bits per heavy atom. The molecule has 0 aliphatic carbocycles. The van der Waals surface area contributed by atoms with Gasteiger partial charge in [-0.2, -0.15) is 0 Å². The molecule has 0 aliphatic rings. The van der Waals surface area contributed by atoms with Gasteiger partial charge in [0.2, 0.25) is 0 Å². The van der Waals surface area contributed by atoms with E-state index in [2.05, 4.69) is 18.5 Å². The van der Waals surface area contributed by atoms with Gasteiger partial charge in [-0.1, -0.05) is 26.0 Å². The minimum Gasteiger partial charge on any atom is -0.496 e. The van der Waals surface area contributed by atoms with Gasteiger partial charge in [-0.3, -0.25) is 9.78 Å². The zero-order chi connectivity index (χ0) is 19.4. The Kier molecular flexibility index (Phi) is 5.60. The number of benzene rings is 1. The van der Waals surface area contributed by atoms with Crippen LogP contribution < -0.4 is 15.0 Å². The van der Waals surface area contributed by atoms with Gasteiger partial charge < -0.3 is 14.0 Å². The number of hydrogen-bond donors (Lipinski definition) is 0. The first-order chi connectivity index (χ1) is 13.1. The van der Waals surface area contributed by atoms with Crippen molar-refractivity contribution in [1.29, 1.82) is 0 Å². The standard InChI is InChI=1S/C22H24N2O3/c1-5-7-10-24-14-19(16-8-9-23-13-18(16)22(24)25)17-12-20(26-3)15(6-2)11-21(17)27-4/h6,8-9,11-14H,2,5,7,10H2,1,3-4H3. The highest BCUT2D eigenvalue weighted by atomic mass is 16.5. The zero-order valence-electron chi connectivity index (χ0n) is 16.0. The molecule has 27 heavy (non-hydrogen) atoms. The minimum absolute atomic E-state index is 0.0241. The van der Waals surface area contributed by atoms with Crippen molar-refractivity contribution in [3.05, 3.63) is 59.3 Å². The molecule has 1 aromatic carbocycles. The van der Waals surface area contributed by atoms with Crippen LogP contribution in [0.15, 0.2) is 48.2 Å². The first-order valence-electron chi connectivity index (χ1n) is 9.00. The molecule has 0 bridgehead atoms. The number of rotatable bonds is 7. The molecular formula is C22H24N2O3. The van der Waals surface area contributed by atoms with Crippen LogP contribution in [-0.2, 0) is 6.54 Å². The third-order valence-electron chi connectivity index (χ3n) is 4.70. The third-order valence-corrected chi connectivity index (χ3v) is 4.70. The highest BCUT2D eigenvalue weighted by Crippen LogP contribution is 2.39. The van der Waals surface area contributed by atoms with E-state index in [4.69, 9.17) is 9.47 Å². The van der Waals surface area contributed by atoms with Gasteiger partial charge in [0.15, 0.2) is 0 Å². The average molecular weight is 364 g/mol. The van der Waals surface area contributed by atoms with Crippen LogP contribution in [0.25, 0.3) is 28.0 Å². The number of ether oxygens (including phenoxy) is 2. The normalized spacial score (nSPS) is 10.8. The van der Waals surface area contributed by atoms with Crippen LogP contribution in [0, 0.1) is 0 Å². The molecule has 0 unspecified atom stereocenters. The maximum atomic E-state index is 12.8. The molecule has 0 fully saturated rings. The van der Waals surface area contributed by atoms with Gasteiger partial charge >= 0.3 is 0 Å². The second kappa shape index (κ2) is 8.08. The highest BCUT2D eigenvalue weighted by Gasteiger charge is 2.16. The highest BCUT2D eigenvalue weighted by molar-refractivity contribution is 5.97. The summed E-state index contributed by atoms with van der Waals surface area (Å²) in [6.45, 7) is 6.61. The molecule has 3 rings (SSSR count). The van der Waals surface area contributed by atoms with Crippen molar-refractivity contribution in [3.8, 4) is 22.6 Å². The number of nitrogens with zero attached hydrogens (tertiary/aromatic N) is 2. The van der Waals surface area contributed by atoms with Crippen molar-refractivity contribution in [2.24, 2.45) is 0 Å². The van der Waals surface area contributed by atoms with Gasteiger partial charge in [0.05, 0.1) is 19.6 Å². The van der Waals surface area contributed by atoms with Crippen molar-refractivity contribution >= 4 is 16.8 Å². The molecular weight excluding hydrogens is 340 g/mol. The number of aromatic nitrogens is 2. The summed E-state index contributed by atoms with van der Waals surface area (Å²) < 4.78 is 12.9. The van der Waals surface area contributed by atoms with E-state index in [-0.39, 0.29) is 5.56 Å². The Morgan fingerprint density at radius 1 is 1.15 bits per heavy atom. The van der Waals surface area contributed by atoms with E-state index in [1.807, 2.05) is 24.4 Å². The Morgan fingerprint density at radius 2 is 1.93 bits per heavy atom. The Labute approximate surface area is 158 Å². The lowest BCUT2D eigenvalue weighted by Crippen LogP contribution is -2.20. The summed E-state index contributed by atoms with van der Waals surface area (Å²) in [6, 6.07) is 5.69. The first kappa shape index (κ1) is 18.7. The molecule has 2 heterocycles. The molecule has 0 atom stereocenters. The van der Waals surface area contributed by atoms with Crippen molar-refractivity contribution < 1.29 is 9.47 Å². The van der Waals surface area contributed by atoms with Gasteiger partial charge in [-0.05, 0) is 30.0 Å². The summed E-state index contributed by atoms with van der Waals surface area (Å²) in [5.74, 6) is 1.40. The zero-order valence-corrected chi connectivity index (χ0v) is 16.0. The quantitative estimate of drug-likeness (QED) is 0.618. The topological polar surface area (TPSA) is 53.4 Å². The summed E-state index contributed by atoms with van der Waals surface area (Å²) in [5, 5.41) is 1.44. The second-order valence-electron chi connectivity index (χ2n) is 6.31. The summed E-state index contributed by atoms with van der Waals surface area (Å²) in [5.41, 5.74) is 2.60. The SMILES string of the molecule is C=Cc1cc(OC)c(-c2cn(CCCC)c(=O)c3cnccc23)cc1OC. The largest absolute Gasteiger partial charge is 0.496 e. The smallest absolute Gasteiger partial charge is 0.260 e. The fourth-order valence-corrected chi connectivity index (χ4v) is 3.24. The number of aryl methyl sites for hydroxylation is 1. The van der Waals surface area contributed by atoms with E-state index >= 15 is 0 Å². The predicted molar refractivity (Wildman–Crippen MR) is 110 cm³/mol. The maximum absolute atomic E-state index is 12.8. The van der Waals surface area contributed by atoms with Crippen LogP contribution in [0.5, 0.6) is 11.5 Å². The van der Waals surface area contributed by atoms with E-state index in [0.29, 0.717) is 23.4 Å². The summed E-state index contributed by atoms with van der Waals surface area (Å²) in [4.78, 5) is 17.0. The number of unbranched alkanes of at least 4 members (excludes halogenated alkanes) is 1. The van der Waals surface area contributed by atoms with Gasteiger partial charge in [-0.25, -0.2) is 0 Å². The fourth-order valence-electron chi connectivity index (χ4n) is 3.24. The van der Waals surface area contributed by atoms with Gasteiger partial charge in [0, 0.05) is 41.8 Å². The monoisotopic (exact) mass is 364 g/mol. The van der Waals surface area contributed by atoms with Gasteiger partial charge in [0.1, 0.15) is 11.5 Å². The molecule has 0 saturated carbocycles. The first-order valence-corrected chi connectivity index (χ1v) is 9.00. The van der Waals surface area contributed by atoms with Crippen molar-refractivity contribution in [3.63, 3.8) is 0 Å². The number of methoxy groups -OCH3 is 2. The molecule has 5 nitrogen and oxygen atoms in total. The van der Waals surface area contributed by atoms with Crippen molar-refractivity contribution in [1.82, 2.24) is 9.55 Å². The Hall–Kier alpha value is -3.08. The molecule has 0 amide bonds. The number of hydrogen-bond acceptors (Lipinski definition) is 4. The van der Waals surface area contributed by atoms with Crippen LogP contribution >= 0.6 is 0 Å². The summed E-state index contributed by atoms with van der Waals surface area (Å²) in [6.07, 6.45) is 8.91. The number of pyridine rings is 2. The minimum atomic E-state index is -0.0241. The lowest BCUT2D eigenvalue weighted by atomic mass is 9.98. The average Bonchev–Trinajstić information content (AvgIpc) is 2.72. The predicted octanol–water partition coefficient (Wildman–Crippen LogP) is 4.52. The molecule has 0 N–H and O–H groups in total. The molecule has 0 spiro atoms. The van der Waals surface area contributed by atoms with Gasteiger partial charge in [-0.15, -0.1) is 0 Å². The lowest BCUT2D eigenvalue weighted by molar-refractivity contribution is 0.403. The molecule has 0 aliphatic heterocycles. The van der Waals surface area contributed by atoms with Crippen LogP contribution in [0.4, 0.5) is 0 Å². The Bertz CT molecular complexity index is 1040.